The summed E-state index contributed by atoms with van der Waals surface area (Å²) in [4.78, 5) is 25.3. The normalized spacial score (nSPS) is 25.8. The molecule has 0 saturated carbocycles. The van der Waals surface area contributed by atoms with Gasteiger partial charge in [-0.15, -0.1) is 0 Å². The molecule has 0 aliphatic carbocycles. The second-order valence-corrected chi connectivity index (χ2v) is 5.03. The lowest BCUT2D eigenvalue weighted by molar-refractivity contribution is -0.137. The van der Waals surface area contributed by atoms with E-state index in [0.717, 1.165) is 19.3 Å². The highest BCUT2D eigenvalue weighted by atomic mass is 32.1. The number of nitrogens with one attached hydrogen (secondary N) is 1. The maximum Gasteiger partial charge on any atom is 0.246 e. The Balaban J connectivity index is 2.74. The Labute approximate surface area is 109 Å². The maximum absolute atomic E-state index is 12.4. The molecule has 1 heterocycles. The lowest BCUT2D eigenvalue weighted by Crippen LogP contribution is -2.52. The molecule has 0 aromatic carbocycles. The van der Waals surface area contributed by atoms with Gasteiger partial charge in [-0.25, -0.2) is 0 Å². The molecule has 0 radical (unpaired) electrons. The van der Waals surface area contributed by atoms with E-state index in [1.54, 1.807) is 0 Å². The van der Waals surface area contributed by atoms with Crippen LogP contribution in [0.5, 0.6) is 0 Å². The molecule has 1 saturated heterocycles. The molecule has 3 unspecified atom stereocenters. The van der Waals surface area contributed by atoms with Gasteiger partial charge in [0, 0.05) is 24.8 Å². The van der Waals surface area contributed by atoms with Gasteiger partial charge in [0.25, 0.3) is 0 Å². The fourth-order valence-corrected chi connectivity index (χ4v) is 2.73. The second-order valence-electron chi connectivity index (χ2n) is 4.67. The van der Waals surface area contributed by atoms with Crippen molar-refractivity contribution in [3.63, 3.8) is 0 Å². The van der Waals surface area contributed by atoms with Crippen molar-refractivity contribution in [2.45, 2.75) is 58.2 Å². The van der Waals surface area contributed by atoms with Gasteiger partial charge in [0.05, 0.1) is 0 Å². The Bertz CT molecular complexity index is 296. The van der Waals surface area contributed by atoms with Crippen molar-refractivity contribution in [2.75, 3.05) is 5.75 Å². The minimum absolute atomic E-state index is 0.00653. The maximum atomic E-state index is 12.4. The first-order valence-electron chi connectivity index (χ1n) is 6.21. The Morgan fingerprint density at radius 3 is 2.59 bits per heavy atom. The number of nitrogens with zero attached hydrogens (tertiary/aromatic N) is 1. The molecular formula is C12H22N2O2S. The highest BCUT2D eigenvalue weighted by Crippen LogP contribution is 2.26. The van der Waals surface area contributed by atoms with Crippen LogP contribution < -0.4 is 5.32 Å². The molecule has 0 bridgehead atoms. The van der Waals surface area contributed by atoms with Gasteiger partial charge in [-0.05, 0) is 26.2 Å². The lowest BCUT2D eigenvalue weighted by atomic mass is 10.1. The van der Waals surface area contributed by atoms with Crippen LogP contribution in [0.25, 0.3) is 0 Å². The topological polar surface area (TPSA) is 49.4 Å². The van der Waals surface area contributed by atoms with Gasteiger partial charge in [-0.3, -0.25) is 9.59 Å². The summed E-state index contributed by atoms with van der Waals surface area (Å²) >= 11 is 4.15. The third kappa shape index (κ3) is 3.37. The average molecular weight is 258 g/mol. The standard InChI is InChI=1S/C12H22N2O2S/c1-4-10-6-5-8(2)14(10)12(16)11(7-17)13-9(3)15/h8,10-11,17H,4-7H2,1-3H3,(H,13,15). The van der Waals surface area contributed by atoms with E-state index in [1.165, 1.54) is 6.92 Å². The monoisotopic (exact) mass is 258 g/mol. The van der Waals surface area contributed by atoms with Crippen LogP contribution in [0, 0.1) is 0 Å². The van der Waals surface area contributed by atoms with Crippen LogP contribution in [-0.4, -0.2) is 40.6 Å². The van der Waals surface area contributed by atoms with Crippen LogP contribution in [0.2, 0.25) is 0 Å². The molecule has 0 spiro atoms. The largest absolute Gasteiger partial charge is 0.344 e. The molecule has 1 fully saturated rings. The zero-order valence-corrected chi connectivity index (χ0v) is 11.7. The molecular weight excluding hydrogens is 236 g/mol. The van der Waals surface area contributed by atoms with Crippen molar-refractivity contribution in [2.24, 2.45) is 0 Å². The summed E-state index contributed by atoms with van der Waals surface area (Å²) in [5.74, 6) is 0.169. The summed E-state index contributed by atoms with van der Waals surface area (Å²) in [7, 11) is 0. The van der Waals surface area contributed by atoms with Gasteiger partial charge in [-0.2, -0.15) is 12.6 Å². The van der Waals surface area contributed by atoms with Crippen molar-refractivity contribution >= 4 is 24.4 Å². The van der Waals surface area contributed by atoms with E-state index in [1.807, 2.05) is 4.90 Å². The summed E-state index contributed by atoms with van der Waals surface area (Å²) in [6, 6.07) is 0.0858. The van der Waals surface area contributed by atoms with Crippen molar-refractivity contribution in [3.8, 4) is 0 Å². The van der Waals surface area contributed by atoms with E-state index >= 15 is 0 Å². The van der Waals surface area contributed by atoms with Crippen molar-refractivity contribution in [1.29, 1.82) is 0 Å². The van der Waals surface area contributed by atoms with Crippen molar-refractivity contribution in [3.05, 3.63) is 0 Å². The molecule has 4 nitrogen and oxygen atoms in total. The fourth-order valence-electron chi connectivity index (χ4n) is 2.48. The molecule has 2 amide bonds. The first-order valence-corrected chi connectivity index (χ1v) is 6.84. The van der Waals surface area contributed by atoms with Gasteiger partial charge >= 0.3 is 0 Å². The van der Waals surface area contributed by atoms with E-state index in [2.05, 4.69) is 31.8 Å². The number of amides is 2. The number of hydrogen-bond acceptors (Lipinski definition) is 3. The van der Waals surface area contributed by atoms with Crippen LogP contribution in [0.1, 0.15) is 40.0 Å². The molecule has 3 atom stereocenters. The third-order valence-electron chi connectivity index (χ3n) is 3.37. The lowest BCUT2D eigenvalue weighted by Gasteiger charge is -2.31. The number of carbonyl (C=O) groups excluding carboxylic acids is 2. The quantitative estimate of drug-likeness (QED) is 0.745. The Hall–Kier alpha value is -0.710. The summed E-state index contributed by atoms with van der Waals surface area (Å²) in [5.41, 5.74) is 0. The van der Waals surface area contributed by atoms with Crippen molar-refractivity contribution in [1.82, 2.24) is 10.2 Å². The second kappa shape index (κ2) is 6.28. The zero-order valence-electron chi connectivity index (χ0n) is 10.8. The highest BCUT2D eigenvalue weighted by Gasteiger charge is 2.36. The summed E-state index contributed by atoms with van der Waals surface area (Å²) < 4.78 is 0. The molecule has 17 heavy (non-hydrogen) atoms. The van der Waals surface area contributed by atoms with Gasteiger partial charge in [0.15, 0.2) is 0 Å². The van der Waals surface area contributed by atoms with E-state index in [9.17, 15) is 9.59 Å². The van der Waals surface area contributed by atoms with E-state index in [0.29, 0.717) is 11.8 Å². The number of thiol groups is 1. The van der Waals surface area contributed by atoms with Crippen molar-refractivity contribution < 1.29 is 9.59 Å². The molecule has 0 aromatic heterocycles. The molecule has 1 aliphatic heterocycles. The molecule has 98 valence electrons. The van der Waals surface area contributed by atoms with Gasteiger partial charge in [0.2, 0.25) is 11.8 Å². The van der Waals surface area contributed by atoms with Crippen LogP contribution in [0.3, 0.4) is 0 Å². The van der Waals surface area contributed by atoms with Gasteiger partial charge < -0.3 is 10.2 Å². The van der Waals surface area contributed by atoms with E-state index in [-0.39, 0.29) is 17.9 Å². The number of hydrogen-bond donors (Lipinski definition) is 2. The number of likely N-dealkylation sites (tertiary alicyclic amines) is 1. The van der Waals surface area contributed by atoms with E-state index < -0.39 is 6.04 Å². The number of rotatable bonds is 4. The van der Waals surface area contributed by atoms with Crippen LogP contribution >= 0.6 is 12.6 Å². The first kappa shape index (κ1) is 14.4. The first-order chi connectivity index (χ1) is 8.01. The van der Waals surface area contributed by atoms with E-state index in [4.69, 9.17) is 0 Å². The summed E-state index contributed by atoms with van der Waals surface area (Å²) in [6.07, 6.45) is 3.07. The van der Waals surface area contributed by atoms with Crippen LogP contribution in [-0.2, 0) is 9.59 Å². The van der Waals surface area contributed by atoms with Gasteiger partial charge in [0.1, 0.15) is 6.04 Å². The minimum Gasteiger partial charge on any atom is -0.344 e. The minimum atomic E-state index is -0.495. The Morgan fingerprint density at radius 2 is 2.12 bits per heavy atom. The SMILES string of the molecule is CCC1CCC(C)N1C(=O)C(CS)NC(C)=O. The Morgan fingerprint density at radius 1 is 1.47 bits per heavy atom. The predicted molar refractivity (Wildman–Crippen MR) is 71.1 cm³/mol. The van der Waals surface area contributed by atoms with Crippen LogP contribution in [0.4, 0.5) is 0 Å². The highest BCUT2D eigenvalue weighted by molar-refractivity contribution is 7.80. The summed E-state index contributed by atoms with van der Waals surface area (Å²) in [6.45, 7) is 5.59. The molecule has 5 heteroatoms. The zero-order chi connectivity index (χ0) is 13.0. The Kier molecular flexibility index (Phi) is 5.31. The third-order valence-corrected chi connectivity index (χ3v) is 3.73. The average Bonchev–Trinajstić information content (AvgIpc) is 2.66. The van der Waals surface area contributed by atoms with Gasteiger partial charge in [-0.1, -0.05) is 6.92 Å². The molecule has 0 aromatic rings. The molecule has 1 N–H and O–H groups in total. The molecule has 1 rings (SSSR count). The van der Waals surface area contributed by atoms with Crippen LogP contribution in [0.15, 0.2) is 0 Å². The smallest absolute Gasteiger partial charge is 0.246 e. The number of carbonyl (C=O) groups is 2. The molecule has 1 aliphatic rings. The predicted octanol–water partition coefficient (Wildman–Crippen LogP) is 1.21. The summed E-state index contributed by atoms with van der Waals surface area (Å²) in [5, 5.41) is 2.66. The fraction of sp³-hybridized carbons (Fsp3) is 0.833.